The number of nitrogens with two attached hydrogens (primary N) is 1. The lowest BCUT2D eigenvalue weighted by molar-refractivity contribution is -0.120. The van der Waals surface area contributed by atoms with Crippen molar-refractivity contribution in [1.82, 2.24) is 9.78 Å². The molecule has 0 fully saturated rings. The molecule has 0 bridgehead atoms. The maximum atomic E-state index is 11.5. The lowest BCUT2D eigenvalue weighted by Gasteiger charge is -2.06. The molecule has 82 valence electrons. The van der Waals surface area contributed by atoms with Crippen LogP contribution in [0.1, 0.15) is 18.4 Å². The highest BCUT2D eigenvalue weighted by Crippen LogP contribution is 2.04. The van der Waals surface area contributed by atoms with Crippen LogP contribution in [0.25, 0.3) is 0 Å². The highest BCUT2D eigenvalue weighted by atomic mass is 16.1. The van der Waals surface area contributed by atoms with Gasteiger partial charge in [-0.15, -0.1) is 6.58 Å². The zero-order chi connectivity index (χ0) is 11.3. The van der Waals surface area contributed by atoms with Gasteiger partial charge in [0.2, 0.25) is 0 Å². The molecule has 1 heterocycles. The summed E-state index contributed by atoms with van der Waals surface area (Å²) in [5.74, 6) is 0.0822. The molecule has 0 amide bonds. The molecule has 1 unspecified atom stereocenters. The van der Waals surface area contributed by atoms with Gasteiger partial charge in [0.15, 0.2) is 0 Å². The maximum absolute atomic E-state index is 11.5. The molecule has 0 aromatic carbocycles. The summed E-state index contributed by atoms with van der Waals surface area (Å²) in [6.45, 7) is 3.56. The fourth-order valence-electron chi connectivity index (χ4n) is 1.36. The molecule has 1 rings (SSSR count). The van der Waals surface area contributed by atoms with Crippen LogP contribution < -0.4 is 5.73 Å². The van der Waals surface area contributed by atoms with E-state index in [0.29, 0.717) is 19.3 Å². The van der Waals surface area contributed by atoms with E-state index in [2.05, 4.69) is 11.7 Å². The predicted octanol–water partition coefficient (Wildman–Crippen LogP) is 0.825. The summed E-state index contributed by atoms with van der Waals surface area (Å²) in [6.07, 6.45) is 7.08. The number of nitrogens with zero attached hydrogens (tertiary/aromatic N) is 2. The molecule has 4 heteroatoms. The number of carbonyl (C=O) groups excluding carboxylic acids is 1. The van der Waals surface area contributed by atoms with Gasteiger partial charge < -0.3 is 5.73 Å². The first-order valence-electron chi connectivity index (χ1n) is 5.00. The second kappa shape index (κ2) is 5.46. The molecule has 0 spiro atoms. The third kappa shape index (κ3) is 3.67. The molecule has 0 saturated heterocycles. The molecule has 0 aliphatic heterocycles. The van der Waals surface area contributed by atoms with Gasteiger partial charge in [-0.2, -0.15) is 5.10 Å². The van der Waals surface area contributed by atoms with E-state index < -0.39 is 6.04 Å². The van der Waals surface area contributed by atoms with Crippen LogP contribution >= 0.6 is 0 Å². The number of hydrogen-bond acceptors (Lipinski definition) is 3. The largest absolute Gasteiger partial charge is 0.321 e. The minimum Gasteiger partial charge on any atom is -0.321 e. The summed E-state index contributed by atoms with van der Waals surface area (Å²) in [4.78, 5) is 11.5. The second-order valence-corrected chi connectivity index (χ2v) is 3.62. The van der Waals surface area contributed by atoms with Gasteiger partial charge in [0.1, 0.15) is 5.78 Å². The van der Waals surface area contributed by atoms with Crippen molar-refractivity contribution in [2.75, 3.05) is 0 Å². The topological polar surface area (TPSA) is 60.9 Å². The molecule has 1 aromatic heterocycles. The highest BCUT2D eigenvalue weighted by molar-refractivity contribution is 5.84. The average molecular weight is 207 g/mol. The smallest absolute Gasteiger partial charge is 0.150 e. The van der Waals surface area contributed by atoms with Crippen LogP contribution in [0.5, 0.6) is 0 Å². The Morgan fingerprint density at radius 1 is 1.80 bits per heavy atom. The van der Waals surface area contributed by atoms with Crippen molar-refractivity contribution in [3.05, 3.63) is 30.6 Å². The molecule has 0 aliphatic rings. The Kier molecular flexibility index (Phi) is 4.24. The predicted molar refractivity (Wildman–Crippen MR) is 59.3 cm³/mol. The van der Waals surface area contributed by atoms with Crippen molar-refractivity contribution < 1.29 is 4.79 Å². The third-order valence-corrected chi connectivity index (χ3v) is 2.25. The Morgan fingerprint density at radius 3 is 3.07 bits per heavy atom. The van der Waals surface area contributed by atoms with Gasteiger partial charge >= 0.3 is 0 Å². The van der Waals surface area contributed by atoms with Gasteiger partial charge in [-0.05, 0) is 18.4 Å². The zero-order valence-corrected chi connectivity index (χ0v) is 9.02. The minimum atomic E-state index is -0.404. The number of ketones is 1. The first-order chi connectivity index (χ1) is 7.13. The number of Topliss-reactive ketones (excluding diaryl/α,β-unsaturated/α-hetero) is 1. The Balaban J connectivity index is 2.37. The van der Waals surface area contributed by atoms with E-state index in [1.165, 1.54) is 0 Å². The second-order valence-electron chi connectivity index (χ2n) is 3.62. The summed E-state index contributed by atoms with van der Waals surface area (Å²) >= 11 is 0. The van der Waals surface area contributed by atoms with Crippen LogP contribution in [-0.2, 0) is 18.3 Å². The molecule has 4 nitrogen and oxygen atoms in total. The molecule has 1 atom stereocenters. The van der Waals surface area contributed by atoms with E-state index in [1.807, 2.05) is 13.2 Å². The monoisotopic (exact) mass is 207 g/mol. The Labute approximate surface area is 89.8 Å². The summed E-state index contributed by atoms with van der Waals surface area (Å²) in [5, 5.41) is 4.03. The first kappa shape index (κ1) is 11.7. The molecular weight excluding hydrogens is 190 g/mol. The SMILES string of the molecule is C=CCC(N)C(=O)CCc1cnn(C)c1. The zero-order valence-electron chi connectivity index (χ0n) is 9.02. The van der Waals surface area contributed by atoms with Crippen LogP contribution in [0, 0.1) is 0 Å². The summed E-state index contributed by atoms with van der Waals surface area (Å²) < 4.78 is 1.73. The number of aromatic nitrogens is 2. The fourth-order valence-corrected chi connectivity index (χ4v) is 1.36. The van der Waals surface area contributed by atoms with Gasteiger partial charge in [-0.3, -0.25) is 9.48 Å². The quantitative estimate of drug-likeness (QED) is 0.703. The van der Waals surface area contributed by atoms with Crippen molar-refractivity contribution in [2.45, 2.75) is 25.3 Å². The Bertz CT molecular complexity index is 343. The van der Waals surface area contributed by atoms with E-state index in [9.17, 15) is 4.79 Å². The molecule has 0 saturated carbocycles. The maximum Gasteiger partial charge on any atom is 0.150 e. The van der Waals surface area contributed by atoms with Crippen LogP contribution in [0.2, 0.25) is 0 Å². The van der Waals surface area contributed by atoms with Crippen molar-refractivity contribution in [2.24, 2.45) is 12.8 Å². The van der Waals surface area contributed by atoms with Crippen molar-refractivity contribution in [3.63, 3.8) is 0 Å². The molecule has 1 aromatic rings. The number of hydrogen-bond donors (Lipinski definition) is 1. The molecular formula is C11H17N3O. The van der Waals surface area contributed by atoms with E-state index in [0.717, 1.165) is 5.56 Å². The molecule has 2 N–H and O–H groups in total. The van der Waals surface area contributed by atoms with Gasteiger partial charge in [0.05, 0.1) is 12.2 Å². The lowest BCUT2D eigenvalue weighted by atomic mass is 10.0. The number of carbonyl (C=O) groups is 1. The van der Waals surface area contributed by atoms with Gasteiger partial charge in [0.25, 0.3) is 0 Å². The highest BCUT2D eigenvalue weighted by Gasteiger charge is 2.11. The summed E-state index contributed by atoms with van der Waals surface area (Å²) in [5.41, 5.74) is 6.72. The van der Waals surface area contributed by atoms with Crippen LogP contribution in [-0.4, -0.2) is 21.6 Å². The molecule has 0 radical (unpaired) electrons. The van der Waals surface area contributed by atoms with Crippen molar-refractivity contribution in [1.29, 1.82) is 0 Å². The van der Waals surface area contributed by atoms with Gasteiger partial charge in [0, 0.05) is 19.7 Å². The first-order valence-corrected chi connectivity index (χ1v) is 5.00. The average Bonchev–Trinajstić information content (AvgIpc) is 2.61. The van der Waals surface area contributed by atoms with E-state index in [-0.39, 0.29) is 5.78 Å². The molecule has 15 heavy (non-hydrogen) atoms. The standard InChI is InChI=1S/C11H17N3O/c1-3-4-10(12)11(15)6-5-9-7-13-14(2)8-9/h3,7-8,10H,1,4-6,12H2,2H3. The van der Waals surface area contributed by atoms with Crippen LogP contribution in [0.4, 0.5) is 0 Å². The summed E-state index contributed by atoms with van der Waals surface area (Å²) in [6, 6.07) is -0.404. The van der Waals surface area contributed by atoms with E-state index in [1.54, 1.807) is 17.0 Å². The fraction of sp³-hybridized carbons (Fsp3) is 0.455. The van der Waals surface area contributed by atoms with Crippen molar-refractivity contribution >= 4 is 5.78 Å². The lowest BCUT2D eigenvalue weighted by Crippen LogP contribution is -2.29. The van der Waals surface area contributed by atoms with Crippen LogP contribution in [0.3, 0.4) is 0 Å². The molecule has 0 aliphatic carbocycles. The Morgan fingerprint density at radius 2 is 2.53 bits per heavy atom. The number of aryl methyl sites for hydroxylation is 2. The minimum absolute atomic E-state index is 0.0822. The van der Waals surface area contributed by atoms with Crippen LogP contribution in [0.15, 0.2) is 25.0 Å². The normalized spacial score (nSPS) is 12.4. The Hall–Kier alpha value is -1.42. The summed E-state index contributed by atoms with van der Waals surface area (Å²) in [7, 11) is 1.86. The van der Waals surface area contributed by atoms with Gasteiger partial charge in [-0.25, -0.2) is 0 Å². The van der Waals surface area contributed by atoms with E-state index in [4.69, 9.17) is 5.73 Å². The van der Waals surface area contributed by atoms with Crippen molar-refractivity contribution in [3.8, 4) is 0 Å². The van der Waals surface area contributed by atoms with E-state index >= 15 is 0 Å². The third-order valence-electron chi connectivity index (χ3n) is 2.25. The number of rotatable bonds is 6. The van der Waals surface area contributed by atoms with Gasteiger partial charge in [-0.1, -0.05) is 6.08 Å².